The van der Waals surface area contributed by atoms with E-state index in [9.17, 15) is 18.0 Å². The van der Waals surface area contributed by atoms with Crippen molar-refractivity contribution in [2.45, 2.75) is 13.1 Å². The topological polar surface area (TPSA) is 88.5 Å². The smallest absolute Gasteiger partial charge is 0.319 e. The molecule has 0 bridgehead atoms. The molecule has 3 heterocycles. The molecule has 0 fully saturated rings. The second-order valence-electron chi connectivity index (χ2n) is 6.50. The van der Waals surface area contributed by atoms with Gasteiger partial charge in [-0.1, -0.05) is 18.2 Å². The number of nitrogens with zero attached hydrogens (tertiary/aromatic N) is 4. The van der Waals surface area contributed by atoms with Crippen LogP contribution in [0, 0.1) is 6.92 Å². The van der Waals surface area contributed by atoms with Gasteiger partial charge in [0.15, 0.2) is 5.69 Å². The number of aromatic nitrogens is 5. The van der Waals surface area contributed by atoms with Crippen molar-refractivity contribution in [1.82, 2.24) is 25.0 Å². The molecule has 1 amide bonds. The van der Waals surface area contributed by atoms with E-state index in [1.54, 1.807) is 48.4 Å². The molecule has 0 atom stereocenters. The molecule has 0 saturated heterocycles. The van der Waals surface area contributed by atoms with Crippen LogP contribution in [0.15, 0.2) is 42.7 Å². The molecule has 3 aromatic heterocycles. The summed E-state index contributed by atoms with van der Waals surface area (Å²) in [4.78, 5) is 17.5. The molecule has 10 heteroatoms. The fraction of sp³-hybridized carbons (Fsp3) is 0.158. The lowest BCUT2D eigenvalue weighted by molar-refractivity contribution is -0.140. The first-order chi connectivity index (χ1) is 13.7. The molecule has 4 aromatic rings. The van der Waals surface area contributed by atoms with Gasteiger partial charge in [0.1, 0.15) is 0 Å². The third-order valence-corrected chi connectivity index (χ3v) is 4.42. The van der Waals surface area contributed by atoms with E-state index in [1.165, 1.54) is 13.0 Å². The SMILES string of the molecule is Cc1[nH]nc(C(F)(F)F)c1NC(=O)c1cc(-c2cnn(C)c2)nc2ccccc12. The van der Waals surface area contributed by atoms with Crippen molar-refractivity contribution in [3.05, 3.63) is 59.7 Å². The summed E-state index contributed by atoms with van der Waals surface area (Å²) in [6, 6.07) is 8.46. The summed E-state index contributed by atoms with van der Waals surface area (Å²) in [5, 5.41) is 12.5. The third kappa shape index (κ3) is 3.44. The van der Waals surface area contributed by atoms with Crippen LogP contribution in [-0.2, 0) is 13.2 Å². The van der Waals surface area contributed by atoms with Crippen LogP contribution in [0.25, 0.3) is 22.2 Å². The highest BCUT2D eigenvalue weighted by molar-refractivity contribution is 6.13. The average molecular weight is 400 g/mol. The lowest BCUT2D eigenvalue weighted by Gasteiger charge is -2.11. The highest BCUT2D eigenvalue weighted by Gasteiger charge is 2.38. The molecule has 0 aliphatic heterocycles. The summed E-state index contributed by atoms with van der Waals surface area (Å²) in [5.41, 5.74) is 0.448. The number of fused-ring (bicyclic) bond motifs is 1. The van der Waals surface area contributed by atoms with Gasteiger partial charge < -0.3 is 5.32 Å². The number of aromatic amines is 1. The molecule has 0 unspecified atom stereocenters. The Labute approximate surface area is 162 Å². The fourth-order valence-electron chi connectivity index (χ4n) is 3.03. The Balaban J connectivity index is 1.81. The number of anilines is 1. The lowest BCUT2D eigenvalue weighted by Crippen LogP contribution is -2.17. The van der Waals surface area contributed by atoms with Gasteiger partial charge in [0, 0.05) is 24.2 Å². The van der Waals surface area contributed by atoms with Crippen LogP contribution in [0.3, 0.4) is 0 Å². The number of pyridine rings is 1. The van der Waals surface area contributed by atoms with E-state index in [2.05, 4.69) is 25.6 Å². The summed E-state index contributed by atoms with van der Waals surface area (Å²) < 4.78 is 41.2. The molecular weight excluding hydrogens is 385 g/mol. The number of nitrogens with one attached hydrogen (secondary N) is 2. The van der Waals surface area contributed by atoms with Crippen LogP contribution >= 0.6 is 0 Å². The molecule has 1 aromatic carbocycles. The van der Waals surface area contributed by atoms with Gasteiger partial charge in [-0.05, 0) is 19.1 Å². The second kappa shape index (κ2) is 6.73. The number of aryl methyl sites for hydroxylation is 2. The molecule has 0 aliphatic carbocycles. The van der Waals surface area contributed by atoms with E-state index in [4.69, 9.17) is 0 Å². The number of hydrogen-bond acceptors (Lipinski definition) is 4. The van der Waals surface area contributed by atoms with Gasteiger partial charge in [-0.2, -0.15) is 23.4 Å². The first kappa shape index (κ1) is 18.7. The van der Waals surface area contributed by atoms with Crippen LogP contribution in [-0.4, -0.2) is 30.9 Å². The molecule has 0 radical (unpaired) electrons. The number of para-hydroxylation sites is 1. The third-order valence-electron chi connectivity index (χ3n) is 4.42. The molecule has 0 aliphatic rings. The molecule has 0 saturated carbocycles. The van der Waals surface area contributed by atoms with Gasteiger partial charge in [0.05, 0.1) is 34.4 Å². The van der Waals surface area contributed by atoms with Crippen molar-refractivity contribution in [3.63, 3.8) is 0 Å². The first-order valence-corrected chi connectivity index (χ1v) is 8.56. The predicted molar refractivity (Wildman–Crippen MR) is 100 cm³/mol. The van der Waals surface area contributed by atoms with Gasteiger partial charge in [0.25, 0.3) is 5.91 Å². The largest absolute Gasteiger partial charge is 0.437 e. The number of halogens is 3. The Morgan fingerprint density at radius 2 is 2.00 bits per heavy atom. The standard InChI is InChI=1S/C19H15F3N6O/c1-10-16(17(27-26-10)19(20,21)22)25-18(29)13-7-15(11-8-23-28(2)9-11)24-14-6-4-3-5-12(13)14/h3-9H,1-2H3,(H,25,29)(H,26,27). The normalized spacial score (nSPS) is 11.8. The maximum atomic E-state index is 13.2. The van der Waals surface area contributed by atoms with E-state index in [1.807, 2.05) is 0 Å². The molecule has 29 heavy (non-hydrogen) atoms. The van der Waals surface area contributed by atoms with Gasteiger partial charge >= 0.3 is 6.18 Å². The summed E-state index contributed by atoms with van der Waals surface area (Å²) in [5.74, 6) is -0.691. The zero-order valence-electron chi connectivity index (χ0n) is 15.4. The molecular formula is C19H15F3N6O. The number of benzene rings is 1. The minimum absolute atomic E-state index is 0.108. The van der Waals surface area contributed by atoms with Gasteiger partial charge in [-0.25, -0.2) is 4.98 Å². The molecule has 148 valence electrons. The highest BCUT2D eigenvalue weighted by atomic mass is 19.4. The van der Waals surface area contributed by atoms with Gasteiger partial charge in [-0.15, -0.1) is 0 Å². The Bertz CT molecular complexity index is 1220. The summed E-state index contributed by atoms with van der Waals surface area (Å²) in [6.45, 7) is 1.41. The zero-order valence-corrected chi connectivity index (χ0v) is 15.4. The Kier molecular flexibility index (Phi) is 4.33. The van der Waals surface area contributed by atoms with Crippen LogP contribution in [0.5, 0.6) is 0 Å². The number of amides is 1. The Hall–Kier alpha value is -3.69. The van der Waals surface area contributed by atoms with Crippen molar-refractivity contribution >= 4 is 22.5 Å². The number of alkyl halides is 3. The predicted octanol–water partition coefficient (Wildman–Crippen LogP) is 3.94. The maximum absolute atomic E-state index is 13.2. The monoisotopic (exact) mass is 400 g/mol. The van der Waals surface area contributed by atoms with E-state index in [-0.39, 0.29) is 11.3 Å². The van der Waals surface area contributed by atoms with Crippen LogP contribution in [0.1, 0.15) is 21.7 Å². The first-order valence-electron chi connectivity index (χ1n) is 8.56. The number of hydrogen-bond donors (Lipinski definition) is 2. The fourth-order valence-corrected chi connectivity index (χ4v) is 3.03. The van der Waals surface area contributed by atoms with Crippen molar-refractivity contribution < 1.29 is 18.0 Å². The summed E-state index contributed by atoms with van der Waals surface area (Å²) in [6.07, 6.45) is -1.36. The van der Waals surface area contributed by atoms with Crippen LogP contribution in [0.4, 0.5) is 18.9 Å². The van der Waals surface area contributed by atoms with Crippen molar-refractivity contribution in [2.75, 3.05) is 5.32 Å². The van der Waals surface area contributed by atoms with Gasteiger partial charge in [-0.3, -0.25) is 14.6 Å². The quantitative estimate of drug-likeness (QED) is 0.545. The zero-order chi connectivity index (χ0) is 20.8. The molecule has 2 N–H and O–H groups in total. The summed E-state index contributed by atoms with van der Waals surface area (Å²) in [7, 11) is 1.75. The molecule has 4 rings (SSSR count). The van der Waals surface area contributed by atoms with Crippen LogP contribution < -0.4 is 5.32 Å². The number of carbonyl (C=O) groups is 1. The van der Waals surface area contributed by atoms with Gasteiger partial charge in [0.2, 0.25) is 0 Å². The van der Waals surface area contributed by atoms with E-state index >= 15 is 0 Å². The Morgan fingerprint density at radius 3 is 2.69 bits per heavy atom. The molecule has 0 spiro atoms. The average Bonchev–Trinajstić information content (AvgIpc) is 3.26. The summed E-state index contributed by atoms with van der Waals surface area (Å²) >= 11 is 0. The van der Waals surface area contributed by atoms with Crippen molar-refractivity contribution in [2.24, 2.45) is 7.05 Å². The number of carbonyl (C=O) groups excluding carboxylic acids is 1. The van der Waals surface area contributed by atoms with E-state index in [0.717, 1.165) is 0 Å². The number of rotatable bonds is 3. The van der Waals surface area contributed by atoms with E-state index < -0.39 is 23.5 Å². The van der Waals surface area contributed by atoms with Crippen molar-refractivity contribution in [3.8, 4) is 11.3 Å². The maximum Gasteiger partial charge on any atom is 0.437 e. The van der Waals surface area contributed by atoms with Crippen LogP contribution in [0.2, 0.25) is 0 Å². The van der Waals surface area contributed by atoms with E-state index in [0.29, 0.717) is 22.2 Å². The minimum atomic E-state index is -4.70. The molecule has 7 nitrogen and oxygen atoms in total. The highest BCUT2D eigenvalue weighted by Crippen LogP contribution is 2.35. The number of H-pyrrole nitrogens is 1. The van der Waals surface area contributed by atoms with Crippen molar-refractivity contribution in [1.29, 1.82) is 0 Å². The second-order valence-corrected chi connectivity index (χ2v) is 6.50. The lowest BCUT2D eigenvalue weighted by atomic mass is 10.0. The minimum Gasteiger partial charge on any atom is -0.319 e. The Morgan fingerprint density at radius 1 is 1.24 bits per heavy atom.